The summed E-state index contributed by atoms with van der Waals surface area (Å²) in [4.78, 5) is 7.45. The molecule has 1 aliphatic carbocycles. The number of likely N-dealkylation sites (tertiary alicyclic amines) is 3. The third kappa shape index (κ3) is 5.08. The fourth-order valence-electron chi connectivity index (χ4n) is 5.56. The molecule has 0 bridgehead atoms. The van der Waals surface area contributed by atoms with Crippen molar-refractivity contribution in [1.29, 1.82) is 0 Å². The van der Waals surface area contributed by atoms with E-state index in [9.17, 15) is 0 Å². The van der Waals surface area contributed by atoms with Crippen molar-refractivity contribution in [2.75, 3.05) is 60.4 Å². The van der Waals surface area contributed by atoms with E-state index >= 15 is 0 Å². The van der Waals surface area contributed by atoms with E-state index in [4.69, 9.17) is 0 Å². The van der Waals surface area contributed by atoms with Crippen molar-refractivity contribution in [3.63, 3.8) is 0 Å². The number of rotatable bonds is 0. The van der Waals surface area contributed by atoms with Gasteiger partial charge in [0, 0.05) is 6.54 Å². The Morgan fingerprint density at radius 2 is 1.28 bits per heavy atom. The van der Waals surface area contributed by atoms with E-state index in [-0.39, 0.29) is 0 Å². The van der Waals surface area contributed by atoms with Gasteiger partial charge >= 0.3 is 0 Å². The second kappa shape index (κ2) is 8.10. The van der Waals surface area contributed by atoms with Crippen molar-refractivity contribution >= 4 is 0 Å². The van der Waals surface area contributed by atoms with Crippen molar-refractivity contribution in [3.05, 3.63) is 11.6 Å². The quantitative estimate of drug-likeness (QED) is 0.616. The average Bonchev–Trinajstić information content (AvgIpc) is 2.95. The molecule has 4 rings (SSSR count). The van der Waals surface area contributed by atoms with Crippen LogP contribution in [0.5, 0.6) is 0 Å². The predicted octanol–water partition coefficient (Wildman–Crippen LogP) is 3.86. The number of hydrogen-bond donors (Lipinski definition) is 0. The van der Waals surface area contributed by atoms with E-state index < -0.39 is 0 Å². The Bertz CT molecular complexity index is 454. The number of allylic oxidation sites excluding steroid dienone is 2. The van der Waals surface area contributed by atoms with Crippen LogP contribution in [0, 0.1) is 10.8 Å². The van der Waals surface area contributed by atoms with Crippen LogP contribution in [0.4, 0.5) is 0 Å². The Morgan fingerprint density at radius 3 is 1.76 bits per heavy atom. The third-order valence-corrected chi connectivity index (χ3v) is 7.49. The summed E-state index contributed by atoms with van der Waals surface area (Å²) in [5, 5.41) is 0. The standard InChI is InChI=1S/C11H22N2.C11H19N/c1-12-8-5-11(6-9-12)4-3-7-13(2)10-11;1-10-3-4-11(9-10)5-7-12(2)8-6-11/h3-10H2,1-2H3;3H,4-9H2,1-2H3. The molecule has 3 aliphatic heterocycles. The van der Waals surface area contributed by atoms with Crippen LogP contribution in [-0.2, 0) is 0 Å². The monoisotopic (exact) mass is 347 g/mol. The van der Waals surface area contributed by atoms with Gasteiger partial charge in [-0.05, 0) is 123 Å². The van der Waals surface area contributed by atoms with Gasteiger partial charge in [0.15, 0.2) is 0 Å². The zero-order chi connectivity index (χ0) is 17.9. The van der Waals surface area contributed by atoms with Gasteiger partial charge in [-0.1, -0.05) is 11.6 Å². The summed E-state index contributed by atoms with van der Waals surface area (Å²) in [7, 11) is 6.76. The van der Waals surface area contributed by atoms with Crippen LogP contribution in [0.3, 0.4) is 0 Å². The molecular weight excluding hydrogens is 306 g/mol. The molecule has 0 N–H and O–H groups in total. The SMILES string of the molecule is CC1=CCC2(CCN(C)CC2)C1.CN1CCC2(CCCN(C)C2)CC1. The number of piperidine rings is 3. The zero-order valence-corrected chi connectivity index (χ0v) is 17.3. The summed E-state index contributed by atoms with van der Waals surface area (Å²) in [6.07, 6.45) is 13.8. The molecule has 3 heteroatoms. The van der Waals surface area contributed by atoms with Crippen molar-refractivity contribution in [2.24, 2.45) is 10.8 Å². The van der Waals surface area contributed by atoms with E-state index in [0.29, 0.717) is 10.8 Å². The summed E-state index contributed by atoms with van der Waals surface area (Å²) < 4.78 is 0. The predicted molar refractivity (Wildman–Crippen MR) is 108 cm³/mol. The Labute approximate surface area is 156 Å². The Balaban J connectivity index is 0.000000146. The second-order valence-corrected chi connectivity index (χ2v) is 9.88. The van der Waals surface area contributed by atoms with Crippen LogP contribution in [-0.4, -0.2) is 75.1 Å². The molecule has 2 spiro atoms. The first-order chi connectivity index (χ1) is 11.9. The molecule has 0 aromatic carbocycles. The smallest absolute Gasteiger partial charge is 0.00359 e. The molecule has 3 heterocycles. The summed E-state index contributed by atoms with van der Waals surface area (Å²) in [6, 6.07) is 0. The molecular formula is C22H41N3. The van der Waals surface area contributed by atoms with Gasteiger partial charge < -0.3 is 14.7 Å². The highest BCUT2D eigenvalue weighted by Gasteiger charge is 2.37. The molecule has 144 valence electrons. The molecule has 0 aromatic rings. The lowest BCUT2D eigenvalue weighted by atomic mass is 9.73. The van der Waals surface area contributed by atoms with Crippen LogP contribution in [0.25, 0.3) is 0 Å². The second-order valence-electron chi connectivity index (χ2n) is 9.88. The summed E-state index contributed by atoms with van der Waals surface area (Å²) in [5.41, 5.74) is 3.01. The molecule has 25 heavy (non-hydrogen) atoms. The van der Waals surface area contributed by atoms with Gasteiger partial charge in [0.05, 0.1) is 0 Å². The van der Waals surface area contributed by atoms with Crippen molar-refractivity contribution in [2.45, 2.75) is 58.3 Å². The number of hydrogen-bond acceptors (Lipinski definition) is 3. The van der Waals surface area contributed by atoms with E-state index in [1.807, 2.05) is 0 Å². The Kier molecular flexibility index (Phi) is 6.28. The van der Waals surface area contributed by atoms with Crippen LogP contribution >= 0.6 is 0 Å². The first kappa shape index (κ1) is 19.4. The molecule has 0 saturated carbocycles. The highest BCUT2D eigenvalue weighted by molar-refractivity contribution is 5.13. The highest BCUT2D eigenvalue weighted by Crippen LogP contribution is 2.45. The van der Waals surface area contributed by atoms with Crippen LogP contribution in [0.2, 0.25) is 0 Å². The topological polar surface area (TPSA) is 9.72 Å². The molecule has 0 atom stereocenters. The first-order valence-corrected chi connectivity index (χ1v) is 10.6. The van der Waals surface area contributed by atoms with Crippen molar-refractivity contribution in [3.8, 4) is 0 Å². The Morgan fingerprint density at radius 1 is 0.720 bits per heavy atom. The molecule has 0 amide bonds. The van der Waals surface area contributed by atoms with Gasteiger partial charge in [-0.25, -0.2) is 0 Å². The minimum atomic E-state index is 0.691. The van der Waals surface area contributed by atoms with Gasteiger partial charge in [-0.2, -0.15) is 0 Å². The van der Waals surface area contributed by atoms with Crippen LogP contribution < -0.4 is 0 Å². The highest BCUT2D eigenvalue weighted by atomic mass is 15.1. The molecule has 0 radical (unpaired) electrons. The van der Waals surface area contributed by atoms with Crippen LogP contribution in [0.15, 0.2) is 11.6 Å². The molecule has 4 aliphatic rings. The molecule has 3 saturated heterocycles. The van der Waals surface area contributed by atoms with Gasteiger partial charge in [0.25, 0.3) is 0 Å². The van der Waals surface area contributed by atoms with E-state index in [1.165, 1.54) is 90.6 Å². The average molecular weight is 348 g/mol. The molecule has 3 nitrogen and oxygen atoms in total. The third-order valence-electron chi connectivity index (χ3n) is 7.49. The largest absolute Gasteiger partial charge is 0.306 e. The maximum Gasteiger partial charge on any atom is 0.00359 e. The first-order valence-electron chi connectivity index (χ1n) is 10.6. The minimum Gasteiger partial charge on any atom is -0.306 e. The molecule has 0 unspecified atom stereocenters. The normalized spacial score (nSPS) is 30.2. The maximum atomic E-state index is 2.52. The van der Waals surface area contributed by atoms with E-state index in [1.54, 1.807) is 5.57 Å². The van der Waals surface area contributed by atoms with E-state index in [2.05, 4.69) is 48.8 Å². The lowest BCUT2D eigenvalue weighted by Gasteiger charge is -2.46. The lowest BCUT2D eigenvalue weighted by molar-refractivity contribution is 0.0425. The number of nitrogens with zero attached hydrogens (tertiary/aromatic N) is 3. The maximum absolute atomic E-state index is 2.52. The lowest BCUT2D eigenvalue weighted by Crippen LogP contribution is -2.47. The van der Waals surface area contributed by atoms with E-state index in [0.717, 1.165) is 0 Å². The summed E-state index contributed by atoms with van der Waals surface area (Å²) >= 11 is 0. The minimum absolute atomic E-state index is 0.691. The summed E-state index contributed by atoms with van der Waals surface area (Å²) in [6.45, 7) is 10.2. The van der Waals surface area contributed by atoms with Crippen LogP contribution in [0.1, 0.15) is 58.3 Å². The van der Waals surface area contributed by atoms with Gasteiger partial charge in [0.1, 0.15) is 0 Å². The fourth-order valence-corrected chi connectivity index (χ4v) is 5.56. The zero-order valence-electron chi connectivity index (χ0n) is 17.3. The van der Waals surface area contributed by atoms with Gasteiger partial charge in [0.2, 0.25) is 0 Å². The molecule has 0 aromatic heterocycles. The van der Waals surface area contributed by atoms with Crippen molar-refractivity contribution < 1.29 is 0 Å². The van der Waals surface area contributed by atoms with Gasteiger partial charge in [-0.15, -0.1) is 0 Å². The summed E-state index contributed by atoms with van der Waals surface area (Å²) in [5.74, 6) is 0. The molecule has 3 fully saturated rings. The fraction of sp³-hybridized carbons (Fsp3) is 0.909. The Hall–Kier alpha value is -0.380. The van der Waals surface area contributed by atoms with Crippen molar-refractivity contribution in [1.82, 2.24) is 14.7 Å². The van der Waals surface area contributed by atoms with Gasteiger partial charge in [-0.3, -0.25) is 0 Å².